The summed E-state index contributed by atoms with van der Waals surface area (Å²) in [4.78, 5) is 54.0. The predicted molar refractivity (Wildman–Crippen MR) is 131 cm³/mol. The number of carbonyl (C=O) groups excluding carboxylic acids is 4. The Morgan fingerprint density at radius 1 is 0.976 bits per heavy atom. The van der Waals surface area contributed by atoms with Crippen LogP contribution in [0, 0.1) is 29.1 Å². The van der Waals surface area contributed by atoms with Crippen LogP contribution in [0.25, 0.3) is 0 Å². The first kappa shape index (κ1) is 26.7. The molecule has 8 aliphatic rings. The molecule has 2 aliphatic carbocycles. The van der Waals surface area contributed by atoms with Crippen molar-refractivity contribution >= 4 is 23.5 Å². The van der Waals surface area contributed by atoms with Gasteiger partial charge >= 0.3 is 11.9 Å². The molecule has 2 bridgehead atoms. The number of fused-ring (bicyclic) bond motifs is 7. The summed E-state index contributed by atoms with van der Waals surface area (Å²) < 4.78 is 30.6. The van der Waals surface area contributed by atoms with Gasteiger partial charge in [0.1, 0.15) is 23.4 Å². The summed E-state index contributed by atoms with van der Waals surface area (Å²) in [6.07, 6.45) is -4.05. The number of aliphatic hydroxyl groups excluding tert-OH is 1. The lowest BCUT2D eigenvalue weighted by atomic mass is 9.60. The number of aliphatic hydroxyl groups is 3. The summed E-state index contributed by atoms with van der Waals surface area (Å²) in [5.74, 6) is -9.18. The van der Waals surface area contributed by atoms with Crippen LogP contribution in [0.2, 0.25) is 0 Å². The van der Waals surface area contributed by atoms with Gasteiger partial charge in [-0.1, -0.05) is 6.92 Å². The SMILES string of the molecule is CC1C(=O)OC2C1OC1(C)C(=O)C3(C)CCC45CC67OC(=O)CC6OC(C)(C)C7CC(O)C4C(=O)C(O)(O5)C3C21O. The van der Waals surface area contributed by atoms with E-state index in [0.717, 1.165) is 0 Å². The molecule has 0 radical (unpaired) electrons. The fourth-order valence-corrected chi connectivity index (χ4v) is 10.9. The molecular formula is C29H36O12. The van der Waals surface area contributed by atoms with Crippen molar-refractivity contribution in [3.05, 3.63) is 0 Å². The number of carbonyl (C=O) groups is 4. The molecule has 3 N–H and O–H groups in total. The molecule has 14 unspecified atom stereocenters. The van der Waals surface area contributed by atoms with Crippen molar-refractivity contribution < 1.29 is 58.2 Å². The van der Waals surface area contributed by atoms with E-state index in [4.69, 9.17) is 23.7 Å². The predicted octanol–water partition coefficient (Wildman–Crippen LogP) is -0.288. The smallest absolute Gasteiger partial charge is 0.311 e. The van der Waals surface area contributed by atoms with Crippen LogP contribution in [0.4, 0.5) is 0 Å². The Balaban J connectivity index is 1.30. The first-order valence-corrected chi connectivity index (χ1v) is 14.6. The molecule has 8 fully saturated rings. The van der Waals surface area contributed by atoms with Gasteiger partial charge in [0, 0.05) is 17.8 Å². The summed E-state index contributed by atoms with van der Waals surface area (Å²) in [6, 6.07) is 0. The number of hydrogen-bond donors (Lipinski definition) is 3. The van der Waals surface area contributed by atoms with Crippen molar-refractivity contribution in [2.24, 2.45) is 29.1 Å². The Morgan fingerprint density at radius 2 is 1.68 bits per heavy atom. The Kier molecular flexibility index (Phi) is 4.58. The molecule has 6 saturated heterocycles. The molecule has 6 heterocycles. The van der Waals surface area contributed by atoms with Gasteiger partial charge in [0.15, 0.2) is 17.5 Å². The van der Waals surface area contributed by atoms with E-state index < -0.39 is 111 Å². The molecule has 0 aromatic carbocycles. The second-order valence-electron chi connectivity index (χ2n) is 14.8. The number of Topliss-reactive ketones (excluding diaryl/α,β-unsaturated/α-hetero) is 2. The van der Waals surface area contributed by atoms with Gasteiger partial charge in [0.25, 0.3) is 0 Å². The lowest BCUT2D eigenvalue weighted by Gasteiger charge is -2.44. The van der Waals surface area contributed by atoms with Crippen LogP contribution in [0.5, 0.6) is 0 Å². The van der Waals surface area contributed by atoms with E-state index in [1.165, 1.54) is 6.92 Å². The molecule has 6 aliphatic heterocycles. The molecule has 0 amide bonds. The van der Waals surface area contributed by atoms with Gasteiger partial charge < -0.3 is 39.0 Å². The minimum absolute atomic E-state index is 0.00980. The maximum Gasteiger partial charge on any atom is 0.311 e. The Morgan fingerprint density at radius 3 is 2.39 bits per heavy atom. The molecule has 14 atom stereocenters. The van der Waals surface area contributed by atoms with Crippen molar-refractivity contribution in [2.45, 2.75) is 125 Å². The molecule has 12 heteroatoms. The minimum Gasteiger partial charge on any atom is -0.456 e. The van der Waals surface area contributed by atoms with Crippen molar-refractivity contribution in [2.75, 3.05) is 0 Å². The van der Waals surface area contributed by atoms with E-state index in [2.05, 4.69) is 0 Å². The van der Waals surface area contributed by atoms with Gasteiger partial charge in [-0.25, -0.2) is 0 Å². The van der Waals surface area contributed by atoms with Gasteiger partial charge in [0.2, 0.25) is 11.6 Å². The van der Waals surface area contributed by atoms with Crippen LogP contribution in [-0.4, -0.2) is 97.0 Å². The number of rotatable bonds is 0. The second kappa shape index (κ2) is 7.05. The molecular weight excluding hydrogens is 540 g/mol. The van der Waals surface area contributed by atoms with E-state index >= 15 is 0 Å². The van der Waals surface area contributed by atoms with Crippen LogP contribution < -0.4 is 0 Å². The highest BCUT2D eigenvalue weighted by molar-refractivity contribution is 6.02. The number of hydrogen-bond acceptors (Lipinski definition) is 12. The third kappa shape index (κ3) is 2.56. The summed E-state index contributed by atoms with van der Waals surface area (Å²) in [6.45, 7) is 8.31. The van der Waals surface area contributed by atoms with Crippen molar-refractivity contribution in [3.8, 4) is 0 Å². The quantitative estimate of drug-likeness (QED) is 0.322. The van der Waals surface area contributed by atoms with Gasteiger partial charge in [-0.3, -0.25) is 19.2 Å². The Bertz CT molecular complexity index is 1340. The Hall–Kier alpha value is -1.96. The van der Waals surface area contributed by atoms with Crippen LogP contribution in [0.15, 0.2) is 0 Å². The normalized spacial score (nSPS) is 61.3. The molecule has 41 heavy (non-hydrogen) atoms. The average Bonchev–Trinajstić information content (AvgIpc) is 3.50. The van der Waals surface area contributed by atoms with Gasteiger partial charge in [-0.15, -0.1) is 0 Å². The third-order valence-corrected chi connectivity index (χ3v) is 12.5. The standard InChI is InChI=1S/C29H36O12/c1-11-17-19(37-20(11)33)28(35)21-24(4,22(34)25(28,5)40-17)6-7-26-10-27-13(23(2,3)38-14(27)9-15(31)39-27)8-12(30)16(26)18(32)29(21,36)41-26/h11-14,16-17,19,21,30,35-36H,6-10H2,1-5H3. The average molecular weight is 577 g/mol. The highest BCUT2D eigenvalue weighted by atomic mass is 16.7. The number of esters is 2. The zero-order chi connectivity index (χ0) is 29.5. The zero-order valence-corrected chi connectivity index (χ0v) is 23.7. The maximum absolute atomic E-state index is 14.5. The fraction of sp³-hybridized carbons (Fsp3) is 0.862. The molecule has 2 saturated carbocycles. The van der Waals surface area contributed by atoms with E-state index in [1.807, 2.05) is 13.8 Å². The Labute approximate surface area is 236 Å². The van der Waals surface area contributed by atoms with Crippen LogP contribution >= 0.6 is 0 Å². The lowest BCUT2D eigenvalue weighted by Crippen LogP contribution is -2.65. The highest BCUT2D eigenvalue weighted by Gasteiger charge is 2.90. The third-order valence-electron chi connectivity index (χ3n) is 12.5. The van der Waals surface area contributed by atoms with Gasteiger partial charge in [-0.05, 0) is 47.0 Å². The maximum atomic E-state index is 14.5. The largest absolute Gasteiger partial charge is 0.456 e. The first-order chi connectivity index (χ1) is 18.9. The molecule has 2 spiro atoms. The number of ether oxygens (including phenoxy) is 5. The van der Waals surface area contributed by atoms with Crippen molar-refractivity contribution in [3.63, 3.8) is 0 Å². The second-order valence-corrected chi connectivity index (χ2v) is 14.8. The van der Waals surface area contributed by atoms with Crippen LogP contribution in [0.1, 0.15) is 66.7 Å². The van der Waals surface area contributed by atoms with Gasteiger partial charge in [-0.2, -0.15) is 0 Å². The summed E-state index contributed by atoms with van der Waals surface area (Å²) in [5, 5.41) is 36.7. The van der Waals surface area contributed by atoms with E-state index in [-0.39, 0.29) is 32.1 Å². The van der Waals surface area contributed by atoms with E-state index in [0.29, 0.717) is 0 Å². The number of ketones is 2. The first-order valence-electron chi connectivity index (χ1n) is 14.6. The molecule has 224 valence electrons. The van der Waals surface area contributed by atoms with Crippen LogP contribution in [-0.2, 0) is 42.9 Å². The molecule has 12 nitrogen and oxygen atoms in total. The lowest BCUT2D eigenvalue weighted by molar-refractivity contribution is -0.289. The topological polar surface area (TPSA) is 175 Å². The van der Waals surface area contributed by atoms with E-state index in [1.54, 1.807) is 13.8 Å². The van der Waals surface area contributed by atoms with Crippen molar-refractivity contribution in [1.82, 2.24) is 0 Å². The molecule has 8 rings (SSSR count). The zero-order valence-electron chi connectivity index (χ0n) is 23.7. The summed E-state index contributed by atoms with van der Waals surface area (Å²) in [7, 11) is 0. The summed E-state index contributed by atoms with van der Waals surface area (Å²) >= 11 is 0. The highest BCUT2D eigenvalue weighted by Crippen LogP contribution is 2.72. The van der Waals surface area contributed by atoms with Gasteiger partial charge in [0.05, 0.1) is 41.5 Å². The molecule has 0 aromatic heterocycles. The van der Waals surface area contributed by atoms with E-state index in [9.17, 15) is 34.5 Å². The van der Waals surface area contributed by atoms with Crippen molar-refractivity contribution in [1.29, 1.82) is 0 Å². The van der Waals surface area contributed by atoms with Crippen LogP contribution in [0.3, 0.4) is 0 Å². The summed E-state index contributed by atoms with van der Waals surface area (Å²) in [5.41, 5.74) is -9.21. The monoisotopic (exact) mass is 576 g/mol. The minimum atomic E-state index is -2.73. The molecule has 0 aromatic rings. The fourth-order valence-electron chi connectivity index (χ4n) is 10.9.